The van der Waals surface area contributed by atoms with Gasteiger partial charge in [-0.2, -0.15) is 0 Å². The lowest BCUT2D eigenvalue weighted by molar-refractivity contribution is -0.122. The smallest absolute Gasteiger partial charge is 0.276 e. The maximum atomic E-state index is 12.6. The number of amides is 1. The molecule has 1 saturated heterocycles. The van der Waals surface area contributed by atoms with Crippen LogP contribution in [0.1, 0.15) is 24.0 Å². The van der Waals surface area contributed by atoms with Gasteiger partial charge in [0.15, 0.2) is 5.11 Å². The van der Waals surface area contributed by atoms with Crippen LogP contribution in [0.3, 0.4) is 0 Å². The quantitative estimate of drug-likeness (QED) is 0.458. The Morgan fingerprint density at radius 2 is 2.03 bits per heavy atom. The Hall–Kier alpha value is -2.09. The van der Waals surface area contributed by atoms with Crippen molar-refractivity contribution < 1.29 is 14.3 Å². The van der Waals surface area contributed by atoms with Crippen molar-refractivity contribution in [2.45, 2.75) is 25.5 Å². The monoisotopic (exact) mass is 492 g/mol. The lowest BCUT2D eigenvalue weighted by Gasteiger charge is -2.12. The Morgan fingerprint density at radius 1 is 1.28 bits per heavy atom. The second kappa shape index (κ2) is 8.34. The maximum Gasteiger partial charge on any atom is 0.276 e. The van der Waals surface area contributed by atoms with E-state index in [0.717, 1.165) is 28.4 Å². The highest BCUT2D eigenvalue weighted by Crippen LogP contribution is 2.32. The van der Waals surface area contributed by atoms with Gasteiger partial charge in [0.25, 0.3) is 5.91 Å². The standard InChI is InChI=1S/C21H18BrClN2O3S/c1-27-18-6-2-12(9-17-20(26)25(15-4-5-15)21(29)24-17)8-13(18)11-28-19-7-3-14(22)10-16(19)23/h2-3,6-10,15H,4-5,11H2,1H3,(H,24,29)/b17-9+. The molecular formula is C21H18BrClN2O3S. The zero-order valence-corrected chi connectivity index (χ0v) is 18.7. The second-order valence-corrected chi connectivity index (χ2v) is 8.54. The first-order chi connectivity index (χ1) is 14.0. The number of halogens is 2. The molecule has 29 heavy (non-hydrogen) atoms. The van der Waals surface area contributed by atoms with Crippen LogP contribution in [0.15, 0.2) is 46.6 Å². The molecule has 1 heterocycles. The molecule has 1 aliphatic heterocycles. The fourth-order valence-electron chi connectivity index (χ4n) is 3.13. The summed E-state index contributed by atoms with van der Waals surface area (Å²) < 4.78 is 12.2. The molecular weight excluding hydrogens is 476 g/mol. The van der Waals surface area contributed by atoms with Crippen LogP contribution in [-0.2, 0) is 11.4 Å². The summed E-state index contributed by atoms with van der Waals surface area (Å²) in [5.74, 6) is 1.20. The fraction of sp³-hybridized carbons (Fsp3) is 0.238. The molecule has 1 aliphatic carbocycles. The van der Waals surface area contributed by atoms with E-state index in [1.54, 1.807) is 30.2 Å². The molecule has 2 aromatic rings. The maximum absolute atomic E-state index is 12.6. The predicted octanol–water partition coefficient (Wildman–Crippen LogP) is 4.91. The number of nitrogens with zero attached hydrogens (tertiary/aromatic N) is 1. The number of carbonyl (C=O) groups is 1. The van der Waals surface area contributed by atoms with E-state index < -0.39 is 0 Å². The largest absolute Gasteiger partial charge is 0.496 e. The van der Waals surface area contributed by atoms with Gasteiger partial charge in [-0.05, 0) is 67.0 Å². The average molecular weight is 494 g/mol. The molecule has 0 bridgehead atoms. The van der Waals surface area contributed by atoms with Crippen molar-refractivity contribution in [2.24, 2.45) is 0 Å². The van der Waals surface area contributed by atoms with Gasteiger partial charge in [0.05, 0.1) is 12.1 Å². The molecule has 150 valence electrons. The third kappa shape index (κ3) is 4.42. The second-order valence-electron chi connectivity index (χ2n) is 6.83. The Balaban J connectivity index is 1.55. The number of rotatable bonds is 6. The highest BCUT2D eigenvalue weighted by molar-refractivity contribution is 9.10. The summed E-state index contributed by atoms with van der Waals surface area (Å²) in [7, 11) is 1.61. The number of nitrogens with one attached hydrogen (secondary N) is 1. The third-order valence-electron chi connectivity index (χ3n) is 4.71. The van der Waals surface area contributed by atoms with E-state index in [4.69, 9.17) is 33.3 Å². The van der Waals surface area contributed by atoms with Gasteiger partial charge in [0.1, 0.15) is 23.8 Å². The molecule has 0 unspecified atom stereocenters. The number of methoxy groups -OCH3 is 1. The van der Waals surface area contributed by atoms with Crippen LogP contribution in [0.5, 0.6) is 11.5 Å². The Bertz CT molecular complexity index is 1020. The van der Waals surface area contributed by atoms with Crippen LogP contribution in [0.4, 0.5) is 0 Å². The minimum absolute atomic E-state index is 0.0761. The molecule has 1 N–H and O–H groups in total. The van der Waals surface area contributed by atoms with E-state index in [9.17, 15) is 4.79 Å². The number of hydrogen-bond acceptors (Lipinski definition) is 4. The molecule has 4 rings (SSSR count). The molecule has 5 nitrogen and oxygen atoms in total. The van der Waals surface area contributed by atoms with E-state index >= 15 is 0 Å². The van der Waals surface area contributed by atoms with Crippen LogP contribution in [0, 0.1) is 0 Å². The molecule has 0 atom stereocenters. The van der Waals surface area contributed by atoms with Gasteiger partial charge in [-0.3, -0.25) is 9.69 Å². The number of thiocarbonyl (C=S) groups is 1. The molecule has 2 fully saturated rings. The van der Waals surface area contributed by atoms with E-state index in [2.05, 4.69) is 21.2 Å². The summed E-state index contributed by atoms with van der Waals surface area (Å²) >= 11 is 14.9. The molecule has 1 saturated carbocycles. The Kier molecular flexibility index (Phi) is 5.81. The van der Waals surface area contributed by atoms with Gasteiger partial charge < -0.3 is 14.8 Å². The zero-order valence-electron chi connectivity index (χ0n) is 15.6. The van der Waals surface area contributed by atoms with Crippen LogP contribution in [0.25, 0.3) is 6.08 Å². The van der Waals surface area contributed by atoms with Crippen LogP contribution >= 0.6 is 39.7 Å². The van der Waals surface area contributed by atoms with Gasteiger partial charge in [-0.25, -0.2) is 0 Å². The summed E-state index contributed by atoms with van der Waals surface area (Å²) in [4.78, 5) is 14.3. The molecule has 2 aliphatic rings. The summed E-state index contributed by atoms with van der Waals surface area (Å²) in [6.07, 6.45) is 3.81. The summed E-state index contributed by atoms with van der Waals surface area (Å²) in [5.41, 5.74) is 2.17. The van der Waals surface area contributed by atoms with Gasteiger partial charge in [-0.15, -0.1) is 0 Å². The number of ether oxygens (including phenoxy) is 2. The summed E-state index contributed by atoms with van der Waals surface area (Å²) in [6.45, 7) is 0.273. The third-order valence-corrected chi connectivity index (χ3v) is 5.80. The number of benzene rings is 2. The van der Waals surface area contributed by atoms with Crippen molar-refractivity contribution in [3.63, 3.8) is 0 Å². The molecule has 1 amide bonds. The van der Waals surface area contributed by atoms with E-state index in [-0.39, 0.29) is 18.6 Å². The molecule has 2 aromatic carbocycles. The SMILES string of the molecule is COc1ccc(/C=C2/NC(=S)N(C3CC3)C2=O)cc1COc1ccc(Br)cc1Cl. The topological polar surface area (TPSA) is 50.8 Å². The number of carbonyl (C=O) groups excluding carboxylic acids is 1. The normalized spacial score (nSPS) is 17.6. The molecule has 0 spiro atoms. The summed E-state index contributed by atoms with van der Waals surface area (Å²) in [6, 6.07) is 11.4. The first kappa shape index (κ1) is 20.2. The van der Waals surface area contributed by atoms with Crippen molar-refractivity contribution in [3.8, 4) is 11.5 Å². The zero-order chi connectivity index (χ0) is 20.5. The Labute approximate surface area is 187 Å². The highest BCUT2D eigenvalue weighted by Gasteiger charge is 2.41. The van der Waals surface area contributed by atoms with Crippen LogP contribution in [0.2, 0.25) is 5.02 Å². The van der Waals surface area contributed by atoms with Crippen molar-refractivity contribution in [1.82, 2.24) is 10.2 Å². The minimum atomic E-state index is -0.0761. The van der Waals surface area contributed by atoms with Crippen molar-refractivity contribution >= 4 is 56.8 Å². The van der Waals surface area contributed by atoms with Crippen molar-refractivity contribution in [2.75, 3.05) is 7.11 Å². The highest BCUT2D eigenvalue weighted by atomic mass is 79.9. The predicted molar refractivity (Wildman–Crippen MR) is 120 cm³/mol. The van der Waals surface area contributed by atoms with Crippen molar-refractivity contribution in [3.05, 3.63) is 62.7 Å². The van der Waals surface area contributed by atoms with Crippen molar-refractivity contribution in [1.29, 1.82) is 0 Å². The van der Waals surface area contributed by atoms with Crippen LogP contribution < -0.4 is 14.8 Å². The lowest BCUT2D eigenvalue weighted by atomic mass is 10.1. The summed E-state index contributed by atoms with van der Waals surface area (Å²) in [5, 5.41) is 4.02. The fourth-order valence-corrected chi connectivity index (χ4v) is 4.20. The Morgan fingerprint density at radius 3 is 2.72 bits per heavy atom. The first-order valence-electron chi connectivity index (χ1n) is 9.07. The minimum Gasteiger partial charge on any atom is -0.496 e. The first-order valence-corrected chi connectivity index (χ1v) is 10.6. The van der Waals surface area contributed by atoms with Crippen LogP contribution in [-0.4, -0.2) is 29.1 Å². The molecule has 8 heteroatoms. The van der Waals surface area contributed by atoms with Gasteiger partial charge >= 0.3 is 0 Å². The molecule has 0 aromatic heterocycles. The van der Waals surface area contributed by atoms with E-state index in [0.29, 0.717) is 27.3 Å². The van der Waals surface area contributed by atoms with Gasteiger partial charge in [-0.1, -0.05) is 33.6 Å². The number of hydrogen-bond donors (Lipinski definition) is 1. The molecule has 0 radical (unpaired) electrons. The average Bonchev–Trinajstić information content (AvgIpc) is 3.47. The van der Waals surface area contributed by atoms with Gasteiger partial charge in [0, 0.05) is 16.1 Å². The van der Waals surface area contributed by atoms with Gasteiger partial charge in [0.2, 0.25) is 0 Å². The lowest BCUT2D eigenvalue weighted by Crippen LogP contribution is -2.32. The van der Waals surface area contributed by atoms with E-state index in [1.807, 2.05) is 24.3 Å². The van der Waals surface area contributed by atoms with E-state index in [1.165, 1.54) is 0 Å².